The van der Waals surface area contributed by atoms with E-state index in [0.29, 0.717) is 12.3 Å². The van der Waals surface area contributed by atoms with Crippen LogP contribution in [0.2, 0.25) is 0 Å². The lowest BCUT2D eigenvalue weighted by atomic mass is 10.2. The first-order valence-corrected chi connectivity index (χ1v) is 5.47. The standard InChI is InChI=1S/C13H14N2O2/c1-9-3-6-13(16-9)10(2)15-8-12-5-4-11(7-14)17-12/h3-6,10,15H,8H2,1-2H3. The second kappa shape index (κ2) is 4.89. The van der Waals surface area contributed by atoms with Gasteiger partial charge in [-0.05, 0) is 38.1 Å². The molecule has 0 aliphatic rings. The minimum atomic E-state index is 0.110. The van der Waals surface area contributed by atoms with Gasteiger partial charge in [0.15, 0.2) is 0 Å². The molecule has 0 aliphatic heterocycles. The fourth-order valence-corrected chi connectivity index (χ4v) is 1.57. The molecule has 4 heteroatoms. The Morgan fingerprint density at radius 2 is 2.12 bits per heavy atom. The highest BCUT2D eigenvalue weighted by Gasteiger charge is 2.09. The van der Waals surface area contributed by atoms with Gasteiger partial charge in [-0.15, -0.1) is 0 Å². The molecule has 2 rings (SSSR count). The van der Waals surface area contributed by atoms with Gasteiger partial charge in [0.1, 0.15) is 23.3 Å². The third kappa shape index (κ3) is 2.77. The van der Waals surface area contributed by atoms with Crippen LogP contribution in [0.1, 0.15) is 36.0 Å². The number of aryl methyl sites for hydroxylation is 1. The monoisotopic (exact) mass is 230 g/mol. The third-order valence-corrected chi connectivity index (χ3v) is 2.54. The largest absolute Gasteiger partial charge is 0.465 e. The Hall–Kier alpha value is -1.99. The average molecular weight is 230 g/mol. The van der Waals surface area contributed by atoms with Gasteiger partial charge in [-0.1, -0.05) is 0 Å². The number of nitriles is 1. The van der Waals surface area contributed by atoms with E-state index >= 15 is 0 Å². The second-order valence-electron chi connectivity index (χ2n) is 3.93. The smallest absolute Gasteiger partial charge is 0.203 e. The molecular weight excluding hydrogens is 216 g/mol. The zero-order valence-electron chi connectivity index (χ0n) is 9.86. The molecule has 1 atom stereocenters. The maximum atomic E-state index is 8.63. The quantitative estimate of drug-likeness (QED) is 0.877. The molecule has 2 aromatic heterocycles. The van der Waals surface area contributed by atoms with E-state index in [1.165, 1.54) is 0 Å². The number of hydrogen-bond acceptors (Lipinski definition) is 4. The van der Waals surface area contributed by atoms with Crippen molar-refractivity contribution in [2.75, 3.05) is 0 Å². The molecule has 1 N–H and O–H groups in total. The van der Waals surface area contributed by atoms with E-state index in [1.807, 2.05) is 32.0 Å². The van der Waals surface area contributed by atoms with E-state index in [-0.39, 0.29) is 6.04 Å². The van der Waals surface area contributed by atoms with Crippen LogP contribution in [0.15, 0.2) is 33.1 Å². The maximum absolute atomic E-state index is 8.63. The molecule has 0 aromatic carbocycles. The van der Waals surface area contributed by atoms with Crippen LogP contribution < -0.4 is 5.32 Å². The van der Waals surface area contributed by atoms with Gasteiger partial charge in [-0.3, -0.25) is 0 Å². The number of hydrogen-bond donors (Lipinski definition) is 1. The summed E-state index contributed by atoms with van der Waals surface area (Å²) in [6.07, 6.45) is 0. The Morgan fingerprint density at radius 3 is 2.71 bits per heavy atom. The van der Waals surface area contributed by atoms with E-state index in [1.54, 1.807) is 12.1 Å². The Morgan fingerprint density at radius 1 is 1.29 bits per heavy atom. The molecule has 88 valence electrons. The molecular formula is C13H14N2O2. The van der Waals surface area contributed by atoms with Crippen LogP contribution in [0.25, 0.3) is 0 Å². The van der Waals surface area contributed by atoms with Crippen molar-refractivity contribution in [2.45, 2.75) is 26.4 Å². The molecule has 1 unspecified atom stereocenters. The zero-order valence-corrected chi connectivity index (χ0v) is 9.86. The maximum Gasteiger partial charge on any atom is 0.203 e. The van der Waals surface area contributed by atoms with Crippen LogP contribution in [0.3, 0.4) is 0 Å². The van der Waals surface area contributed by atoms with Crippen molar-refractivity contribution in [1.29, 1.82) is 5.26 Å². The number of nitrogens with zero attached hydrogens (tertiary/aromatic N) is 1. The lowest BCUT2D eigenvalue weighted by Gasteiger charge is -2.09. The summed E-state index contributed by atoms with van der Waals surface area (Å²) in [6, 6.07) is 9.42. The highest BCUT2D eigenvalue weighted by atomic mass is 16.3. The molecule has 0 fully saturated rings. The summed E-state index contributed by atoms with van der Waals surface area (Å²) in [5.41, 5.74) is 0. The Balaban J connectivity index is 1.92. The van der Waals surface area contributed by atoms with Crippen LogP contribution >= 0.6 is 0 Å². The molecule has 2 heterocycles. The van der Waals surface area contributed by atoms with Crippen molar-refractivity contribution < 1.29 is 8.83 Å². The summed E-state index contributed by atoms with van der Waals surface area (Å²) in [7, 11) is 0. The Labute approximate surface area is 99.8 Å². The van der Waals surface area contributed by atoms with Crippen molar-refractivity contribution in [2.24, 2.45) is 0 Å². The fraction of sp³-hybridized carbons (Fsp3) is 0.308. The molecule has 0 bridgehead atoms. The normalized spacial score (nSPS) is 12.3. The SMILES string of the molecule is Cc1ccc(C(C)NCc2ccc(C#N)o2)o1. The topological polar surface area (TPSA) is 62.1 Å². The van der Waals surface area contributed by atoms with Gasteiger partial charge in [0, 0.05) is 0 Å². The van der Waals surface area contributed by atoms with Gasteiger partial charge in [-0.2, -0.15) is 5.26 Å². The van der Waals surface area contributed by atoms with Gasteiger partial charge in [0.2, 0.25) is 5.76 Å². The average Bonchev–Trinajstić information content (AvgIpc) is 2.94. The molecule has 4 nitrogen and oxygen atoms in total. The lowest BCUT2D eigenvalue weighted by Crippen LogP contribution is -2.17. The van der Waals surface area contributed by atoms with Gasteiger partial charge >= 0.3 is 0 Å². The third-order valence-electron chi connectivity index (χ3n) is 2.54. The fourth-order valence-electron chi connectivity index (χ4n) is 1.57. The Kier molecular flexibility index (Phi) is 3.31. The molecule has 0 radical (unpaired) electrons. The molecule has 0 saturated heterocycles. The van der Waals surface area contributed by atoms with Crippen LogP contribution in [0.5, 0.6) is 0 Å². The highest BCUT2D eigenvalue weighted by molar-refractivity contribution is 5.19. The van der Waals surface area contributed by atoms with Crippen LogP contribution in [0, 0.1) is 18.3 Å². The van der Waals surface area contributed by atoms with E-state index in [4.69, 9.17) is 14.1 Å². The molecule has 0 aliphatic carbocycles. The molecule has 17 heavy (non-hydrogen) atoms. The molecule has 0 spiro atoms. The van der Waals surface area contributed by atoms with Crippen molar-refractivity contribution in [3.05, 3.63) is 47.3 Å². The second-order valence-corrected chi connectivity index (χ2v) is 3.93. The van der Waals surface area contributed by atoms with Crippen LogP contribution in [-0.4, -0.2) is 0 Å². The summed E-state index contributed by atoms with van der Waals surface area (Å²) < 4.78 is 10.8. The van der Waals surface area contributed by atoms with Crippen molar-refractivity contribution in [1.82, 2.24) is 5.32 Å². The predicted molar refractivity (Wildman–Crippen MR) is 62.1 cm³/mol. The van der Waals surface area contributed by atoms with Gasteiger partial charge in [0.25, 0.3) is 0 Å². The number of rotatable bonds is 4. The first-order chi connectivity index (χ1) is 8.19. The molecule has 2 aromatic rings. The summed E-state index contributed by atoms with van der Waals surface area (Å²) in [6.45, 7) is 4.51. The molecule has 0 saturated carbocycles. The number of furan rings is 2. The minimum absolute atomic E-state index is 0.110. The first-order valence-electron chi connectivity index (χ1n) is 5.47. The number of nitrogens with one attached hydrogen (secondary N) is 1. The van der Waals surface area contributed by atoms with Crippen molar-refractivity contribution >= 4 is 0 Å². The summed E-state index contributed by atoms with van der Waals surface area (Å²) in [5.74, 6) is 2.88. The van der Waals surface area contributed by atoms with Crippen molar-refractivity contribution in [3.8, 4) is 6.07 Å². The van der Waals surface area contributed by atoms with Crippen LogP contribution in [-0.2, 0) is 6.54 Å². The summed E-state index contributed by atoms with van der Waals surface area (Å²) >= 11 is 0. The highest BCUT2D eigenvalue weighted by Crippen LogP contribution is 2.16. The van der Waals surface area contributed by atoms with E-state index in [9.17, 15) is 0 Å². The van der Waals surface area contributed by atoms with Gasteiger partial charge in [0.05, 0.1) is 12.6 Å². The first kappa shape index (κ1) is 11.5. The predicted octanol–water partition coefficient (Wildman–Crippen LogP) is 2.90. The van der Waals surface area contributed by atoms with E-state index in [2.05, 4.69) is 5.32 Å². The minimum Gasteiger partial charge on any atom is -0.465 e. The zero-order chi connectivity index (χ0) is 12.3. The van der Waals surface area contributed by atoms with E-state index in [0.717, 1.165) is 17.3 Å². The van der Waals surface area contributed by atoms with Gasteiger partial charge in [-0.25, -0.2) is 0 Å². The van der Waals surface area contributed by atoms with Crippen LogP contribution in [0.4, 0.5) is 0 Å². The van der Waals surface area contributed by atoms with E-state index < -0.39 is 0 Å². The summed E-state index contributed by atoms with van der Waals surface area (Å²) in [5, 5.41) is 11.9. The molecule has 0 amide bonds. The van der Waals surface area contributed by atoms with Gasteiger partial charge < -0.3 is 14.2 Å². The Bertz CT molecular complexity index is 534. The lowest BCUT2D eigenvalue weighted by molar-refractivity contribution is 0.396. The summed E-state index contributed by atoms with van der Waals surface area (Å²) in [4.78, 5) is 0. The van der Waals surface area contributed by atoms with Crippen molar-refractivity contribution in [3.63, 3.8) is 0 Å².